The molecular weight excluding hydrogens is 310 g/mol. The molecule has 0 aliphatic rings. The number of aliphatic hydroxyl groups is 1. The van der Waals surface area contributed by atoms with Crippen LogP contribution in [0.25, 0.3) is 0 Å². The molecule has 0 aliphatic heterocycles. The molecule has 0 amide bonds. The summed E-state index contributed by atoms with van der Waals surface area (Å²) in [7, 11) is 1.46. The Balaban J connectivity index is 3.34. The smallest absolute Gasteiger partial charge is 0.149 e. The molecule has 0 spiro atoms. The van der Waals surface area contributed by atoms with Crippen molar-refractivity contribution in [1.29, 1.82) is 0 Å². The first kappa shape index (κ1) is 14.9. The van der Waals surface area contributed by atoms with Gasteiger partial charge >= 0.3 is 0 Å². The summed E-state index contributed by atoms with van der Waals surface area (Å²) in [6.45, 7) is 3.61. The Kier molecular flexibility index (Phi) is 4.95. The van der Waals surface area contributed by atoms with Crippen molar-refractivity contribution in [3.8, 4) is 0 Å². The first-order valence-corrected chi connectivity index (χ1v) is 6.37. The molecule has 96 valence electrons. The summed E-state index contributed by atoms with van der Waals surface area (Å²) < 4.78 is 19.5. The van der Waals surface area contributed by atoms with E-state index in [4.69, 9.17) is 16.3 Å². The summed E-state index contributed by atoms with van der Waals surface area (Å²) in [6.07, 6.45) is 0. The van der Waals surface area contributed by atoms with Crippen LogP contribution in [0.15, 0.2) is 16.6 Å². The van der Waals surface area contributed by atoms with Gasteiger partial charge in [0, 0.05) is 17.1 Å². The molecule has 0 fully saturated rings. The zero-order valence-electron chi connectivity index (χ0n) is 9.93. The van der Waals surface area contributed by atoms with Crippen molar-refractivity contribution in [2.45, 2.75) is 19.4 Å². The fourth-order valence-electron chi connectivity index (χ4n) is 1.64. The molecule has 1 rings (SSSR count). The number of halogens is 3. The van der Waals surface area contributed by atoms with Crippen LogP contribution >= 0.6 is 27.5 Å². The molecule has 0 aliphatic carbocycles. The van der Waals surface area contributed by atoms with Crippen molar-refractivity contribution in [2.75, 3.05) is 13.7 Å². The van der Waals surface area contributed by atoms with Gasteiger partial charge in [-0.3, -0.25) is 0 Å². The number of ether oxygens (including phenoxy) is 1. The molecule has 1 aromatic carbocycles. The van der Waals surface area contributed by atoms with Crippen molar-refractivity contribution in [1.82, 2.24) is 0 Å². The van der Waals surface area contributed by atoms with Gasteiger partial charge in [-0.1, -0.05) is 31.5 Å². The van der Waals surface area contributed by atoms with Crippen LogP contribution in [-0.2, 0) is 10.3 Å². The van der Waals surface area contributed by atoms with Gasteiger partial charge in [0.15, 0.2) is 0 Å². The third-order valence-electron chi connectivity index (χ3n) is 2.82. The molecule has 5 heteroatoms. The molecule has 2 nitrogen and oxygen atoms in total. The zero-order valence-corrected chi connectivity index (χ0v) is 12.3. The number of methoxy groups -OCH3 is 1. The second-order valence-corrected chi connectivity index (χ2v) is 5.47. The van der Waals surface area contributed by atoms with Crippen LogP contribution in [-0.4, -0.2) is 18.8 Å². The molecule has 1 N–H and O–H groups in total. The Morgan fingerprint density at radius 2 is 2.12 bits per heavy atom. The summed E-state index contributed by atoms with van der Waals surface area (Å²) >= 11 is 8.96. The molecule has 0 bridgehead atoms. The van der Waals surface area contributed by atoms with E-state index in [1.54, 1.807) is 19.9 Å². The molecule has 1 aromatic rings. The van der Waals surface area contributed by atoms with Gasteiger partial charge in [0.2, 0.25) is 0 Å². The number of hydrogen-bond donors (Lipinski definition) is 1. The zero-order chi connectivity index (χ0) is 13.2. The van der Waals surface area contributed by atoms with Gasteiger partial charge in [-0.05, 0) is 27.9 Å². The van der Waals surface area contributed by atoms with Crippen molar-refractivity contribution >= 4 is 27.5 Å². The van der Waals surface area contributed by atoms with E-state index >= 15 is 0 Å². The fraction of sp³-hybridized carbons (Fsp3) is 0.500. The van der Waals surface area contributed by atoms with Crippen molar-refractivity contribution < 1.29 is 14.2 Å². The summed E-state index contributed by atoms with van der Waals surface area (Å²) in [5.41, 5.74) is -1.23. The van der Waals surface area contributed by atoms with Crippen molar-refractivity contribution in [3.63, 3.8) is 0 Å². The third kappa shape index (κ3) is 2.81. The molecular formula is C12H15BrClFO2. The first-order chi connectivity index (χ1) is 7.84. The van der Waals surface area contributed by atoms with E-state index < -0.39 is 11.4 Å². The van der Waals surface area contributed by atoms with E-state index in [1.807, 2.05) is 0 Å². The highest BCUT2D eigenvalue weighted by molar-refractivity contribution is 9.10. The van der Waals surface area contributed by atoms with Crippen LogP contribution in [0.4, 0.5) is 4.39 Å². The van der Waals surface area contributed by atoms with Crippen LogP contribution in [0, 0.1) is 11.7 Å². The van der Waals surface area contributed by atoms with Crippen molar-refractivity contribution in [2.24, 2.45) is 5.92 Å². The lowest BCUT2D eigenvalue weighted by Gasteiger charge is -2.32. The fourth-order valence-corrected chi connectivity index (χ4v) is 2.11. The maximum Gasteiger partial charge on any atom is 0.149 e. The summed E-state index contributed by atoms with van der Waals surface area (Å²) in [5, 5.41) is 10.5. The molecule has 0 radical (unpaired) electrons. The minimum atomic E-state index is -1.39. The second-order valence-electron chi connectivity index (χ2n) is 4.23. The Hall–Kier alpha value is -0.160. The maximum atomic E-state index is 14.1. The van der Waals surface area contributed by atoms with Gasteiger partial charge in [0.05, 0.1) is 11.6 Å². The minimum Gasteiger partial charge on any atom is -0.382 e. The van der Waals surface area contributed by atoms with E-state index in [9.17, 15) is 9.50 Å². The van der Waals surface area contributed by atoms with E-state index in [0.29, 0.717) is 4.47 Å². The standard InChI is InChI=1S/C12H15BrClFO2/c1-7(2)12(16,6-17-3)8-4-5-9(13)10(14)11(8)15/h4-5,7,16H,6H2,1-3H3. The van der Waals surface area contributed by atoms with Crippen LogP contribution < -0.4 is 0 Å². The first-order valence-electron chi connectivity index (χ1n) is 5.20. The topological polar surface area (TPSA) is 29.5 Å². The molecule has 1 atom stereocenters. The molecule has 0 saturated carbocycles. The molecule has 17 heavy (non-hydrogen) atoms. The lowest BCUT2D eigenvalue weighted by molar-refractivity contribution is -0.0722. The molecule has 0 saturated heterocycles. The highest BCUT2D eigenvalue weighted by atomic mass is 79.9. The Bertz CT molecular complexity index is 412. The second kappa shape index (κ2) is 5.65. The number of hydrogen-bond acceptors (Lipinski definition) is 2. The quantitative estimate of drug-likeness (QED) is 0.855. The van der Waals surface area contributed by atoms with Gasteiger partial charge in [-0.15, -0.1) is 0 Å². The van der Waals surface area contributed by atoms with Crippen LogP contribution in [0.3, 0.4) is 0 Å². The Labute approximate surface area is 114 Å². The molecule has 1 unspecified atom stereocenters. The number of benzene rings is 1. The third-order valence-corrected chi connectivity index (χ3v) is 4.08. The van der Waals surface area contributed by atoms with E-state index in [2.05, 4.69) is 15.9 Å². The van der Waals surface area contributed by atoms with E-state index in [-0.39, 0.29) is 23.1 Å². The van der Waals surface area contributed by atoms with Gasteiger partial charge in [-0.25, -0.2) is 4.39 Å². The summed E-state index contributed by atoms with van der Waals surface area (Å²) in [5.74, 6) is -0.816. The SMILES string of the molecule is COCC(O)(c1ccc(Br)c(Cl)c1F)C(C)C. The molecule has 0 heterocycles. The van der Waals surface area contributed by atoms with Gasteiger partial charge in [0.25, 0.3) is 0 Å². The van der Waals surface area contributed by atoms with Gasteiger partial charge in [-0.2, -0.15) is 0 Å². The molecule has 0 aromatic heterocycles. The largest absolute Gasteiger partial charge is 0.382 e. The average Bonchev–Trinajstić information content (AvgIpc) is 2.26. The normalized spacial score (nSPS) is 15.1. The van der Waals surface area contributed by atoms with E-state index in [0.717, 1.165) is 0 Å². The maximum absolute atomic E-state index is 14.1. The van der Waals surface area contributed by atoms with E-state index in [1.165, 1.54) is 13.2 Å². The lowest BCUT2D eigenvalue weighted by atomic mass is 9.84. The monoisotopic (exact) mass is 324 g/mol. The van der Waals surface area contributed by atoms with Gasteiger partial charge in [0.1, 0.15) is 11.4 Å². The van der Waals surface area contributed by atoms with Crippen LogP contribution in [0.5, 0.6) is 0 Å². The highest BCUT2D eigenvalue weighted by Crippen LogP contribution is 2.36. The van der Waals surface area contributed by atoms with Crippen LogP contribution in [0.1, 0.15) is 19.4 Å². The number of rotatable bonds is 4. The highest BCUT2D eigenvalue weighted by Gasteiger charge is 2.36. The summed E-state index contributed by atoms with van der Waals surface area (Å²) in [4.78, 5) is 0. The van der Waals surface area contributed by atoms with Crippen LogP contribution in [0.2, 0.25) is 5.02 Å². The predicted molar refractivity (Wildman–Crippen MR) is 69.7 cm³/mol. The Morgan fingerprint density at radius 3 is 2.59 bits per heavy atom. The predicted octanol–water partition coefficient (Wildman–Crippen LogP) is 3.73. The average molecular weight is 326 g/mol. The lowest BCUT2D eigenvalue weighted by Crippen LogP contribution is -2.37. The van der Waals surface area contributed by atoms with Crippen molar-refractivity contribution in [3.05, 3.63) is 33.0 Å². The summed E-state index contributed by atoms with van der Waals surface area (Å²) in [6, 6.07) is 3.13. The van der Waals surface area contributed by atoms with Gasteiger partial charge < -0.3 is 9.84 Å². The minimum absolute atomic E-state index is 0.0134. The Morgan fingerprint density at radius 1 is 1.53 bits per heavy atom.